The summed E-state index contributed by atoms with van der Waals surface area (Å²) in [6.07, 6.45) is 1.81. The number of allylic oxidation sites excluding steroid dienone is 1. The van der Waals surface area contributed by atoms with Crippen molar-refractivity contribution in [2.45, 2.75) is 45.3 Å². The van der Waals surface area contributed by atoms with Crippen LogP contribution in [0.4, 0.5) is 5.69 Å². The molecule has 24 heavy (non-hydrogen) atoms. The molecule has 5 nitrogen and oxygen atoms in total. The molecule has 0 spiro atoms. The van der Waals surface area contributed by atoms with Gasteiger partial charge < -0.3 is 9.88 Å². The van der Waals surface area contributed by atoms with Crippen molar-refractivity contribution < 1.29 is 4.79 Å². The molecule has 0 radical (unpaired) electrons. The highest BCUT2D eigenvalue weighted by molar-refractivity contribution is 7.99. The minimum absolute atomic E-state index is 0.0532. The highest BCUT2D eigenvalue weighted by Gasteiger charge is 2.15. The molecule has 1 N–H and O–H groups in total. The highest BCUT2D eigenvalue weighted by Crippen LogP contribution is 2.22. The second-order valence-electron chi connectivity index (χ2n) is 6.03. The molecule has 2 rings (SSSR count). The van der Waals surface area contributed by atoms with E-state index in [-0.39, 0.29) is 11.8 Å². The van der Waals surface area contributed by atoms with Crippen molar-refractivity contribution >= 4 is 23.4 Å². The minimum atomic E-state index is -0.0532. The summed E-state index contributed by atoms with van der Waals surface area (Å²) in [5.74, 6) is 1.42. The molecule has 0 aliphatic heterocycles. The first-order valence-electron chi connectivity index (χ1n) is 7.96. The summed E-state index contributed by atoms with van der Waals surface area (Å²) in [5.41, 5.74) is 3.19. The number of carbonyl (C=O) groups is 1. The Balaban J connectivity index is 2.01. The van der Waals surface area contributed by atoms with Crippen LogP contribution >= 0.6 is 11.8 Å². The molecule has 0 bridgehead atoms. The zero-order valence-corrected chi connectivity index (χ0v) is 15.5. The third-order valence-electron chi connectivity index (χ3n) is 3.70. The van der Waals surface area contributed by atoms with Crippen molar-refractivity contribution in [3.8, 4) is 0 Å². The van der Waals surface area contributed by atoms with Gasteiger partial charge in [-0.25, -0.2) is 0 Å². The Bertz CT molecular complexity index is 737. The zero-order chi connectivity index (χ0) is 17.7. The summed E-state index contributed by atoms with van der Waals surface area (Å²) in [6.45, 7) is 12.7. The van der Waals surface area contributed by atoms with Crippen molar-refractivity contribution in [1.82, 2.24) is 14.8 Å². The fourth-order valence-electron chi connectivity index (χ4n) is 2.28. The number of benzene rings is 1. The SMILES string of the molecule is C=CCn1c(SCC(=O)Nc2ccc(C)c(C)c2)nnc1C(C)C. The second kappa shape index (κ2) is 8.15. The first kappa shape index (κ1) is 18.3. The smallest absolute Gasteiger partial charge is 0.234 e. The van der Waals surface area contributed by atoms with E-state index in [0.29, 0.717) is 12.3 Å². The Morgan fingerprint density at radius 1 is 1.33 bits per heavy atom. The van der Waals surface area contributed by atoms with E-state index in [9.17, 15) is 4.79 Å². The molecule has 0 aliphatic rings. The molecular formula is C18H24N4OS. The predicted octanol–water partition coefficient (Wildman–Crippen LogP) is 3.94. The third kappa shape index (κ3) is 4.47. The average Bonchev–Trinajstić information content (AvgIpc) is 2.92. The Morgan fingerprint density at radius 3 is 2.71 bits per heavy atom. The normalized spacial score (nSPS) is 10.9. The van der Waals surface area contributed by atoms with Crippen LogP contribution in [0.1, 0.15) is 36.7 Å². The van der Waals surface area contributed by atoms with Crippen molar-refractivity contribution in [2.75, 3.05) is 11.1 Å². The summed E-state index contributed by atoms with van der Waals surface area (Å²) < 4.78 is 2.01. The van der Waals surface area contributed by atoms with E-state index in [1.807, 2.05) is 35.8 Å². The Hall–Kier alpha value is -2.08. The molecule has 0 saturated heterocycles. The number of anilines is 1. The predicted molar refractivity (Wildman–Crippen MR) is 99.6 cm³/mol. The van der Waals surface area contributed by atoms with Gasteiger partial charge >= 0.3 is 0 Å². The molecule has 2 aromatic rings. The summed E-state index contributed by atoms with van der Waals surface area (Å²) in [4.78, 5) is 12.2. The molecule has 128 valence electrons. The summed E-state index contributed by atoms with van der Waals surface area (Å²) in [6, 6.07) is 5.91. The van der Waals surface area contributed by atoms with Crippen LogP contribution in [0.5, 0.6) is 0 Å². The number of amides is 1. The van der Waals surface area contributed by atoms with Gasteiger partial charge in [0, 0.05) is 18.2 Å². The van der Waals surface area contributed by atoms with Crippen LogP contribution in [0, 0.1) is 13.8 Å². The maximum absolute atomic E-state index is 12.2. The number of hydrogen-bond donors (Lipinski definition) is 1. The van der Waals surface area contributed by atoms with Crippen LogP contribution in [0.15, 0.2) is 36.0 Å². The molecule has 0 atom stereocenters. The third-order valence-corrected chi connectivity index (χ3v) is 4.66. The van der Waals surface area contributed by atoms with Gasteiger partial charge in [-0.3, -0.25) is 4.79 Å². The molecule has 6 heteroatoms. The first-order valence-corrected chi connectivity index (χ1v) is 8.94. The van der Waals surface area contributed by atoms with Crippen molar-refractivity contribution in [2.24, 2.45) is 0 Å². The van der Waals surface area contributed by atoms with Gasteiger partial charge in [-0.05, 0) is 37.1 Å². The standard InChI is InChI=1S/C18H24N4OS/c1-6-9-22-17(12(2)3)20-21-18(22)24-11-16(23)19-15-8-7-13(4)14(5)10-15/h6-8,10,12H,1,9,11H2,2-5H3,(H,19,23). The van der Waals surface area contributed by atoms with Crippen molar-refractivity contribution in [3.05, 3.63) is 47.8 Å². The Kier molecular flexibility index (Phi) is 6.20. The van der Waals surface area contributed by atoms with E-state index in [4.69, 9.17) is 0 Å². The van der Waals surface area contributed by atoms with Gasteiger partial charge in [0.2, 0.25) is 5.91 Å². The molecule has 1 amide bonds. The first-order chi connectivity index (χ1) is 11.4. The van der Waals surface area contributed by atoms with Gasteiger partial charge in [0.05, 0.1) is 5.75 Å². The number of aromatic nitrogens is 3. The van der Waals surface area contributed by atoms with Crippen LogP contribution in [-0.2, 0) is 11.3 Å². The Morgan fingerprint density at radius 2 is 2.08 bits per heavy atom. The van der Waals surface area contributed by atoms with Crippen molar-refractivity contribution in [3.63, 3.8) is 0 Å². The van der Waals surface area contributed by atoms with Crippen LogP contribution < -0.4 is 5.32 Å². The summed E-state index contributed by atoms with van der Waals surface area (Å²) in [5, 5.41) is 12.1. The average molecular weight is 344 g/mol. The van der Waals surface area contributed by atoms with Gasteiger partial charge in [-0.15, -0.1) is 16.8 Å². The lowest BCUT2D eigenvalue weighted by atomic mass is 10.1. The van der Waals surface area contributed by atoms with Crippen LogP contribution in [-0.4, -0.2) is 26.4 Å². The lowest BCUT2D eigenvalue weighted by molar-refractivity contribution is -0.113. The summed E-state index contributed by atoms with van der Waals surface area (Å²) >= 11 is 1.39. The topological polar surface area (TPSA) is 59.8 Å². The maximum atomic E-state index is 12.2. The molecule has 0 aliphatic carbocycles. The molecule has 1 heterocycles. The van der Waals surface area contributed by atoms with E-state index in [0.717, 1.165) is 22.2 Å². The van der Waals surface area contributed by atoms with Crippen LogP contribution in [0.25, 0.3) is 0 Å². The highest BCUT2D eigenvalue weighted by atomic mass is 32.2. The number of thioether (sulfide) groups is 1. The lowest BCUT2D eigenvalue weighted by Crippen LogP contribution is -2.15. The van der Waals surface area contributed by atoms with Gasteiger partial charge in [0.15, 0.2) is 5.16 Å². The van der Waals surface area contributed by atoms with Crippen molar-refractivity contribution in [1.29, 1.82) is 0 Å². The minimum Gasteiger partial charge on any atom is -0.325 e. The van der Waals surface area contributed by atoms with E-state index in [1.54, 1.807) is 0 Å². The molecule has 0 saturated carbocycles. The zero-order valence-electron chi connectivity index (χ0n) is 14.7. The van der Waals surface area contributed by atoms with Gasteiger partial charge in [0.1, 0.15) is 5.82 Å². The lowest BCUT2D eigenvalue weighted by Gasteiger charge is -2.10. The molecule has 0 fully saturated rings. The van der Waals surface area contributed by atoms with Crippen LogP contribution in [0.3, 0.4) is 0 Å². The number of rotatable bonds is 7. The monoisotopic (exact) mass is 344 g/mol. The molecule has 1 aromatic heterocycles. The number of hydrogen-bond acceptors (Lipinski definition) is 4. The van der Waals surface area contributed by atoms with E-state index in [2.05, 4.69) is 42.9 Å². The fraction of sp³-hybridized carbons (Fsp3) is 0.389. The van der Waals surface area contributed by atoms with Gasteiger partial charge in [-0.1, -0.05) is 37.8 Å². The largest absolute Gasteiger partial charge is 0.325 e. The van der Waals surface area contributed by atoms with Crippen LogP contribution in [0.2, 0.25) is 0 Å². The number of carbonyl (C=O) groups excluding carboxylic acids is 1. The van der Waals surface area contributed by atoms with Gasteiger partial charge in [-0.2, -0.15) is 0 Å². The maximum Gasteiger partial charge on any atom is 0.234 e. The molecular weight excluding hydrogens is 320 g/mol. The fourth-order valence-corrected chi connectivity index (χ4v) is 3.04. The van der Waals surface area contributed by atoms with Gasteiger partial charge in [0.25, 0.3) is 0 Å². The number of nitrogens with one attached hydrogen (secondary N) is 1. The Labute approximate surface area is 147 Å². The second-order valence-corrected chi connectivity index (χ2v) is 6.97. The quantitative estimate of drug-likeness (QED) is 0.610. The number of nitrogens with zero attached hydrogens (tertiary/aromatic N) is 3. The molecule has 0 unspecified atom stereocenters. The van der Waals surface area contributed by atoms with E-state index < -0.39 is 0 Å². The molecule has 1 aromatic carbocycles. The number of aryl methyl sites for hydroxylation is 2. The summed E-state index contributed by atoms with van der Waals surface area (Å²) in [7, 11) is 0. The van der Waals surface area contributed by atoms with E-state index in [1.165, 1.54) is 17.3 Å². The van der Waals surface area contributed by atoms with E-state index >= 15 is 0 Å².